The summed E-state index contributed by atoms with van der Waals surface area (Å²) in [5, 5.41) is 2.67. The predicted octanol–water partition coefficient (Wildman–Crippen LogP) is 2.61. The Kier molecular flexibility index (Phi) is 4.68. The maximum atomic E-state index is 11.6. The molecule has 102 valence electrons. The number of nitrogens with one attached hydrogen (secondary N) is 1. The van der Waals surface area contributed by atoms with E-state index in [0.717, 1.165) is 11.1 Å². The third-order valence-electron chi connectivity index (χ3n) is 2.63. The molecule has 3 N–H and O–H groups in total. The van der Waals surface area contributed by atoms with Gasteiger partial charge in [-0.05, 0) is 17.7 Å². The molecule has 0 radical (unpaired) electrons. The molecule has 0 fully saturated rings. The Labute approximate surface area is 122 Å². The summed E-state index contributed by atoms with van der Waals surface area (Å²) >= 11 is 4.87. The number of rotatable bonds is 4. The number of carbonyl (C=O) groups is 1. The Morgan fingerprint density at radius 3 is 2.35 bits per heavy atom. The summed E-state index contributed by atoms with van der Waals surface area (Å²) < 4.78 is 5.11. The molecule has 5 heteroatoms. The van der Waals surface area contributed by atoms with Crippen LogP contribution in [0.1, 0.15) is 11.1 Å². The molecule has 1 amide bonds. The summed E-state index contributed by atoms with van der Waals surface area (Å²) in [6.45, 7) is 0.378. The zero-order chi connectivity index (χ0) is 14.4. The highest BCUT2D eigenvalue weighted by molar-refractivity contribution is 7.80. The summed E-state index contributed by atoms with van der Waals surface area (Å²) in [4.78, 5) is 11.9. The molecule has 4 nitrogen and oxygen atoms in total. The molecule has 20 heavy (non-hydrogen) atoms. The van der Waals surface area contributed by atoms with E-state index in [1.807, 2.05) is 30.3 Å². The molecule has 0 spiro atoms. The van der Waals surface area contributed by atoms with Crippen molar-refractivity contribution >= 4 is 23.3 Å². The van der Waals surface area contributed by atoms with Crippen LogP contribution in [0, 0.1) is 0 Å². The number of ether oxygens (including phenoxy) is 1. The highest BCUT2D eigenvalue weighted by atomic mass is 32.1. The second-order valence-corrected chi connectivity index (χ2v) is 4.56. The van der Waals surface area contributed by atoms with Crippen molar-refractivity contribution in [2.24, 2.45) is 5.73 Å². The molecule has 0 aliphatic carbocycles. The van der Waals surface area contributed by atoms with Gasteiger partial charge in [-0.2, -0.15) is 0 Å². The van der Waals surface area contributed by atoms with Crippen molar-refractivity contribution in [2.75, 3.05) is 0 Å². The number of thiocarbonyl (C=S) groups is 1. The van der Waals surface area contributed by atoms with Crippen LogP contribution in [0.3, 0.4) is 0 Å². The largest absolute Gasteiger partial charge is 0.412 e. The van der Waals surface area contributed by atoms with Gasteiger partial charge in [0.25, 0.3) is 0 Å². The molecule has 0 heterocycles. The topological polar surface area (TPSA) is 64.3 Å². The highest BCUT2D eigenvalue weighted by Gasteiger charge is 2.04. The first kappa shape index (κ1) is 14.0. The zero-order valence-electron chi connectivity index (χ0n) is 10.7. The van der Waals surface area contributed by atoms with E-state index >= 15 is 0 Å². The molecule has 2 aromatic rings. The summed E-state index contributed by atoms with van der Waals surface area (Å²) in [6, 6.07) is 16.3. The smallest absolute Gasteiger partial charge is 0.410 e. The summed E-state index contributed by atoms with van der Waals surface area (Å²) in [5.41, 5.74) is 7.25. The van der Waals surface area contributed by atoms with Gasteiger partial charge in [-0.15, -0.1) is 0 Å². The molecule has 0 saturated heterocycles. The van der Waals surface area contributed by atoms with Crippen molar-refractivity contribution in [3.63, 3.8) is 0 Å². The van der Waals surface area contributed by atoms with E-state index in [-0.39, 0.29) is 0 Å². The predicted molar refractivity (Wildman–Crippen MR) is 81.6 cm³/mol. The van der Waals surface area contributed by atoms with Crippen molar-refractivity contribution in [1.82, 2.24) is 5.32 Å². The summed E-state index contributed by atoms with van der Waals surface area (Å²) in [5.74, 6) is 0.508. The average Bonchev–Trinajstić information content (AvgIpc) is 2.46. The molecule has 0 aliphatic heterocycles. The van der Waals surface area contributed by atoms with Crippen LogP contribution in [0.2, 0.25) is 0 Å². The Morgan fingerprint density at radius 1 is 1.10 bits per heavy atom. The Balaban J connectivity index is 1.85. The van der Waals surface area contributed by atoms with Crippen LogP contribution in [-0.4, -0.2) is 11.1 Å². The highest BCUT2D eigenvalue weighted by Crippen LogP contribution is 2.08. The summed E-state index contributed by atoms with van der Waals surface area (Å²) in [6.07, 6.45) is -0.491. The minimum atomic E-state index is -0.491. The second kappa shape index (κ2) is 6.68. The first-order chi connectivity index (χ1) is 9.65. The lowest BCUT2D eigenvalue weighted by Gasteiger charge is -2.07. The van der Waals surface area contributed by atoms with Gasteiger partial charge in [0.05, 0.1) is 0 Å². The SMILES string of the molecule is NC(=S)c1ccc(CNC(=O)Oc2ccccc2)cc1. The lowest BCUT2D eigenvalue weighted by molar-refractivity contribution is 0.200. The average molecular weight is 286 g/mol. The molecule has 2 rings (SSSR count). The monoisotopic (exact) mass is 286 g/mol. The van der Waals surface area contributed by atoms with Gasteiger partial charge >= 0.3 is 6.09 Å². The standard InChI is InChI=1S/C15H14N2O2S/c16-14(20)12-8-6-11(7-9-12)10-17-15(18)19-13-4-2-1-3-5-13/h1-9H,10H2,(H2,16,20)(H,17,18). The van der Waals surface area contributed by atoms with E-state index in [9.17, 15) is 4.79 Å². The Bertz CT molecular complexity index is 597. The second-order valence-electron chi connectivity index (χ2n) is 4.12. The number of carbonyl (C=O) groups excluding carboxylic acids is 1. The molecular formula is C15H14N2O2S. The van der Waals surface area contributed by atoms with E-state index in [0.29, 0.717) is 17.3 Å². The van der Waals surface area contributed by atoms with Crippen molar-refractivity contribution in [1.29, 1.82) is 0 Å². The van der Waals surface area contributed by atoms with Gasteiger partial charge in [-0.3, -0.25) is 0 Å². The molecular weight excluding hydrogens is 272 g/mol. The van der Waals surface area contributed by atoms with Crippen molar-refractivity contribution in [3.05, 3.63) is 65.7 Å². The lowest BCUT2D eigenvalue weighted by Crippen LogP contribution is -2.26. The van der Waals surface area contributed by atoms with Crippen LogP contribution in [0.5, 0.6) is 5.75 Å². The van der Waals surface area contributed by atoms with Gasteiger partial charge in [0.1, 0.15) is 10.7 Å². The first-order valence-corrected chi connectivity index (χ1v) is 6.45. The fourth-order valence-electron chi connectivity index (χ4n) is 1.59. The quantitative estimate of drug-likeness (QED) is 0.848. The van der Waals surface area contributed by atoms with Crippen molar-refractivity contribution in [2.45, 2.75) is 6.54 Å². The van der Waals surface area contributed by atoms with Crippen molar-refractivity contribution in [3.8, 4) is 5.75 Å². The van der Waals surface area contributed by atoms with Crippen molar-refractivity contribution < 1.29 is 9.53 Å². The molecule has 0 unspecified atom stereocenters. The molecule has 0 aromatic heterocycles. The third kappa shape index (κ3) is 4.07. The van der Waals surface area contributed by atoms with Crippen LogP contribution < -0.4 is 15.8 Å². The minimum Gasteiger partial charge on any atom is -0.410 e. The van der Waals surface area contributed by atoms with E-state index in [1.54, 1.807) is 24.3 Å². The number of amides is 1. The maximum Gasteiger partial charge on any atom is 0.412 e. The normalized spacial score (nSPS) is 9.80. The van der Waals surface area contributed by atoms with Crippen LogP contribution in [-0.2, 0) is 6.54 Å². The number of hydrogen-bond acceptors (Lipinski definition) is 3. The number of nitrogens with two attached hydrogens (primary N) is 1. The minimum absolute atomic E-state index is 0.355. The summed E-state index contributed by atoms with van der Waals surface area (Å²) in [7, 11) is 0. The Hall–Kier alpha value is -2.40. The van der Waals surface area contributed by atoms with Crippen LogP contribution in [0.25, 0.3) is 0 Å². The lowest BCUT2D eigenvalue weighted by atomic mass is 10.1. The number of hydrogen-bond donors (Lipinski definition) is 2. The molecule has 0 saturated carbocycles. The maximum absolute atomic E-state index is 11.6. The third-order valence-corrected chi connectivity index (χ3v) is 2.86. The zero-order valence-corrected chi connectivity index (χ0v) is 11.5. The Morgan fingerprint density at radius 2 is 1.75 bits per heavy atom. The first-order valence-electron chi connectivity index (χ1n) is 6.04. The fraction of sp³-hybridized carbons (Fsp3) is 0.0667. The van der Waals surface area contributed by atoms with E-state index in [4.69, 9.17) is 22.7 Å². The molecule has 0 bridgehead atoms. The van der Waals surface area contributed by atoms with Gasteiger partial charge in [-0.25, -0.2) is 4.79 Å². The number of para-hydroxylation sites is 1. The van der Waals surface area contributed by atoms with E-state index < -0.39 is 6.09 Å². The van der Waals surface area contributed by atoms with Crippen LogP contribution in [0.15, 0.2) is 54.6 Å². The fourth-order valence-corrected chi connectivity index (χ4v) is 1.73. The van der Waals surface area contributed by atoms with Gasteiger partial charge in [-0.1, -0.05) is 54.7 Å². The molecule has 0 aliphatic rings. The van der Waals surface area contributed by atoms with Gasteiger partial charge in [0, 0.05) is 12.1 Å². The van der Waals surface area contributed by atoms with Crippen LogP contribution in [0.4, 0.5) is 4.79 Å². The van der Waals surface area contributed by atoms with Gasteiger partial charge in [0.2, 0.25) is 0 Å². The molecule has 0 atom stereocenters. The van der Waals surface area contributed by atoms with E-state index in [2.05, 4.69) is 5.32 Å². The number of benzene rings is 2. The van der Waals surface area contributed by atoms with Gasteiger partial charge in [0.15, 0.2) is 0 Å². The van der Waals surface area contributed by atoms with Crippen LogP contribution >= 0.6 is 12.2 Å². The van der Waals surface area contributed by atoms with E-state index in [1.165, 1.54) is 0 Å². The molecule has 2 aromatic carbocycles. The van der Waals surface area contributed by atoms with Gasteiger partial charge < -0.3 is 15.8 Å².